The largest absolute Gasteiger partial charge is 0.490 e. The number of fused-ring (bicyclic) bond motifs is 1. The van der Waals surface area contributed by atoms with Crippen molar-refractivity contribution in [1.82, 2.24) is 30.3 Å². The van der Waals surface area contributed by atoms with Crippen LogP contribution in [0.1, 0.15) is 16.8 Å². The number of thiophene rings is 1. The number of benzene rings is 3. The zero-order valence-electron chi connectivity index (χ0n) is 22.3. The van der Waals surface area contributed by atoms with E-state index >= 15 is 0 Å². The number of hydrogen-bond donors (Lipinski definition) is 3. The van der Waals surface area contributed by atoms with Gasteiger partial charge in [-0.05, 0) is 60.0 Å². The molecule has 0 amide bonds. The van der Waals surface area contributed by atoms with Crippen LogP contribution in [0.5, 0.6) is 0 Å². The van der Waals surface area contributed by atoms with Gasteiger partial charge in [-0.3, -0.25) is 0 Å². The van der Waals surface area contributed by atoms with Gasteiger partial charge in [-0.25, -0.2) is 9.78 Å². The summed E-state index contributed by atoms with van der Waals surface area (Å²) >= 11 is 1.76. The Bertz CT molecular complexity index is 1810. The summed E-state index contributed by atoms with van der Waals surface area (Å²) in [6.07, 6.45) is -3.27. The first kappa shape index (κ1) is 28.7. The van der Waals surface area contributed by atoms with Gasteiger partial charge in [-0.15, -0.1) is 11.3 Å². The number of nitrogens with zero attached hydrogens (tertiary/aromatic N) is 4. The van der Waals surface area contributed by atoms with Crippen LogP contribution in [-0.2, 0) is 17.9 Å². The Morgan fingerprint density at radius 3 is 2.45 bits per heavy atom. The fourth-order valence-electron chi connectivity index (χ4n) is 4.14. The van der Waals surface area contributed by atoms with Gasteiger partial charge in [0.2, 0.25) is 0 Å². The van der Waals surface area contributed by atoms with Gasteiger partial charge in [-0.2, -0.15) is 28.2 Å². The van der Waals surface area contributed by atoms with Crippen molar-refractivity contribution >= 4 is 28.3 Å². The van der Waals surface area contributed by atoms with Gasteiger partial charge >= 0.3 is 12.1 Å². The maximum absolute atomic E-state index is 10.6. The highest BCUT2D eigenvalue weighted by molar-refractivity contribution is 7.18. The summed E-state index contributed by atoms with van der Waals surface area (Å²) in [5, 5.41) is 19.5. The third kappa shape index (κ3) is 6.90. The van der Waals surface area contributed by atoms with Crippen molar-refractivity contribution < 1.29 is 23.1 Å². The molecule has 3 heterocycles. The summed E-state index contributed by atoms with van der Waals surface area (Å²) in [6, 6.07) is 29.2. The molecule has 8 nitrogen and oxygen atoms in total. The number of H-pyrrole nitrogens is 1. The van der Waals surface area contributed by atoms with Gasteiger partial charge in [0.1, 0.15) is 5.82 Å². The summed E-state index contributed by atoms with van der Waals surface area (Å²) in [6.45, 7) is 3.51. The minimum Gasteiger partial charge on any atom is -0.475 e. The van der Waals surface area contributed by atoms with Crippen molar-refractivity contribution in [2.75, 3.05) is 0 Å². The second-order valence-corrected chi connectivity index (χ2v) is 10.4. The van der Waals surface area contributed by atoms with Crippen molar-refractivity contribution in [3.8, 4) is 26.8 Å². The molecule has 0 aliphatic rings. The van der Waals surface area contributed by atoms with Crippen LogP contribution in [0.3, 0.4) is 0 Å². The molecule has 0 aliphatic carbocycles. The Morgan fingerprint density at radius 1 is 0.976 bits per heavy atom. The van der Waals surface area contributed by atoms with E-state index in [1.54, 1.807) is 16.1 Å². The number of aromatic amines is 1. The molecule has 0 saturated carbocycles. The third-order valence-electron chi connectivity index (χ3n) is 6.17. The average molecular weight is 591 g/mol. The van der Waals surface area contributed by atoms with Crippen molar-refractivity contribution in [3.63, 3.8) is 0 Å². The summed E-state index contributed by atoms with van der Waals surface area (Å²) in [5.41, 5.74) is 7.61. The van der Waals surface area contributed by atoms with Crippen molar-refractivity contribution in [1.29, 1.82) is 0 Å². The molecule has 6 rings (SSSR count). The molecule has 0 fully saturated rings. The van der Waals surface area contributed by atoms with Gasteiger partial charge in [-0.1, -0.05) is 48.5 Å². The SMILES string of the molecule is Cc1cccc2[nH]c(-c3ccc(-c4cccc(CNCc5cnn(-c6ccccc6)n5)c4)s3)nc12.O=C(O)C(F)(F)F. The number of alkyl halides is 3. The molecule has 0 spiro atoms. The van der Waals surface area contributed by atoms with Gasteiger partial charge in [0.15, 0.2) is 0 Å². The lowest BCUT2D eigenvalue weighted by Crippen LogP contribution is -2.21. The fraction of sp³-hybridized carbons (Fsp3) is 0.133. The Morgan fingerprint density at radius 2 is 1.71 bits per heavy atom. The molecule has 0 atom stereocenters. The smallest absolute Gasteiger partial charge is 0.475 e. The first-order valence-electron chi connectivity index (χ1n) is 12.8. The number of carboxylic acids is 1. The van der Waals surface area contributed by atoms with Gasteiger partial charge in [0, 0.05) is 18.0 Å². The van der Waals surface area contributed by atoms with Crippen LogP contribution < -0.4 is 5.32 Å². The number of imidazole rings is 1. The highest BCUT2D eigenvalue weighted by atomic mass is 32.1. The average Bonchev–Trinajstić information content (AvgIpc) is 3.74. The predicted octanol–water partition coefficient (Wildman–Crippen LogP) is 6.77. The molecule has 0 aliphatic heterocycles. The van der Waals surface area contributed by atoms with Gasteiger partial charge < -0.3 is 15.4 Å². The van der Waals surface area contributed by atoms with Crippen molar-refractivity contribution in [3.05, 3.63) is 108 Å². The van der Waals surface area contributed by atoms with E-state index in [2.05, 4.69) is 82.0 Å². The van der Waals surface area contributed by atoms with Crippen LogP contribution in [0, 0.1) is 6.92 Å². The fourth-order valence-corrected chi connectivity index (χ4v) is 5.09. The summed E-state index contributed by atoms with van der Waals surface area (Å²) in [7, 11) is 0. The Hall–Kier alpha value is -4.81. The molecule has 3 aromatic heterocycles. The Balaban J connectivity index is 0.000000451. The van der Waals surface area contributed by atoms with E-state index in [4.69, 9.17) is 14.9 Å². The van der Waals surface area contributed by atoms with Crippen LogP contribution in [0.2, 0.25) is 0 Å². The zero-order valence-corrected chi connectivity index (χ0v) is 23.1. The second kappa shape index (κ2) is 12.4. The van der Waals surface area contributed by atoms with Crippen molar-refractivity contribution in [2.45, 2.75) is 26.2 Å². The second-order valence-electron chi connectivity index (χ2n) is 9.29. The van der Waals surface area contributed by atoms with Gasteiger partial charge in [0.25, 0.3) is 0 Å². The number of halogens is 3. The molecule has 3 N–H and O–H groups in total. The first-order valence-corrected chi connectivity index (χ1v) is 13.6. The number of aryl methyl sites for hydroxylation is 1. The highest BCUT2D eigenvalue weighted by Gasteiger charge is 2.38. The first-order chi connectivity index (χ1) is 20.2. The zero-order chi connectivity index (χ0) is 29.7. The molecule has 0 radical (unpaired) electrons. The lowest BCUT2D eigenvalue weighted by molar-refractivity contribution is -0.192. The minimum absolute atomic E-state index is 0.658. The maximum atomic E-state index is 10.6. The molecule has 12 heteroatoms. The molecule has 0 unspecified atom stereocenters. The normalized spacial score (nSPS) is 11.3. The quantitative estimate of drug-likeness (QED) is 0.189. The lowest BCUT2D eigenvalue weighted by Gasteiger charge is -2.05. The molecular weight excluding hydrogens is 565 g/mol. The number of carbonyl (C=O) groups is 1. The Kier molecular flexibility index (Phi) is 8.46. The third-order valence-corrected chi connectivity index (χ3v) is 7.31. The number of rotatable bonds is 7. The summed E-state index contributed by atoms with van der Waals surface area (Å²) < 4.78 is 31.7. The monoisotopic (exact) mass is 590 g/mol. The molecule has 214 valence electrons. The maximum Gasteiger partial charge on any atom is 0.490 e. The number of para-hydroxylation sites is 2. The predicted molar refractivity (Wildman–Crippen MR) is 155 cm³/mol. The molecular formula is C30H25F3N6O2S. The van der Waals surface area contributed by atoms with Crippen LogP contribution >= 0.6 is 11.3 Å². The summed E-state index contributed by atoms with van der Waals surface area (Å²) in [5.74, 6) is -1.83. The number of carboxylic acid groups (broad SMARTS) is 1. The van der Waals surface area contributed by atoms with Crippen LogP contribution in [0.25, 0.3) is 37.9 Å². The van der Waals surface area contributed by atoms with E-state index in [0.717, 1.165) is 39.7 Å². The number of hydrogen-bond acceptors (Lipinski definition) is 6. The van der Waals surface area contributed by atoms with E-state index in [9.17, 15) is 13.2 Å². The molecule has 0 bridgehead atoms. The van der Waals surface area contributed by atoms with Crippen LogP contribution in [-0.4, -0.2) is 42.2 Å². The lowest BCUT2D eigenvalue weighted by atomic mass is 10.1. The summed E-state index contributed by atoms with van der Waals surface area (Å²) in [4.78, 5) is 21.2. The van der Waals surface area contributed by atoms with E-state index < -0.39 is 12.1 Å². The minimum atomic E-state index is -5.08. The standard InChI is InChI=1S/C28H24N6S.C2HF3O2/c1-19-7-5-12-24-27(19)32-28(31-24)26-14-13-25(35-26)21-9-6-8-20(15-21)16-29-17-22-18-30-34(33-22)23-10-3-2-4-11-23;3-2(4,5)1(6)7/h2-15,18,29H,16-17H2,1H3,(H,31,32);(H,6,7). The topological polar surface area (TPSA) is 109 Å². The van der Waals surface area contributed by atoms with Crippen LogP contribution in [0.15, 0.2) is 91.1 Å². The van der Waals surface area contributed by atoms with E-state index in [-0.39, 0.29) is 0 Å². The van der Waals surface area contributed by atoms with Gasteiger partial charge in [0.05, 0.1) is 33.5 Å². The number of aromatic nitrogens is 5. The molecule has 0 saturated heterocycles. The molecule has 42 heavy (non-hydrogen) atoms. The van der Waals surface area contributed by atoms with E-state index in [0.29, 0.717) is 6.54 Å². The van der Waals surface area contributed by atoms with E-state index in [1.165, 1.54) is 21.6 Å². The highest BCUT2D eigenvalue weighted by Crippen LogP contribution is 2.34. The van der Waals surface area contributed by atoms with Crippen molar-refractivity contribution in [2.24, 2.45) is 0 Å². The van der Waals surface area contributed by atoms with Crippen LogP contribution in [0.4, 0.5) is 13.2 Å². The molecule has 3 aromatic carbocycles. The number of aliphatic carboxylic acids is 1. The molecule has 6 aromatic rings. The Labute approximate surface area is 242 Å². The van der Waals surface area contributed by atoms with E-state index in [1.807, 2.05) is 36.5 Å². The number of nitrogens with one attached hydrogen (secondary N) is 2.